The Morgan fingerprint density at radius 1 is 1.30 bits per heavy atom. The number of carbonyl (C=O) groups excluding carboxylic acids is 1. The molecule has 2 aromatic rings. The Labute approximate surface area is 139 Å². The van der Waals surface area contributed by atoms with Crippen LogP contribution in [0.25, 0.3) is 0 Å². The molecule has 0 radical (unpaired) electrons. The number of pyridine rings is 1. The molecule has 0 aliphatic rings. The van der Waals surface area contributed by atoms with Crippen LogP contribution >= 0.6 is 11.6 Å². The van der Waals surface area contributed by atoms with E-state index < -0.39 is 16.0 Å². The zero-order chi connectivity index (χ0) is 17.0. The van der Waals surface area contributed by atoms with Crippen LogP contribution in [0.3, 0.4) is 0 Å². The highest BCUT2D eigenvalue weighted by Crippen LogP contribution is 2.25. The molecule has 0 saturated carbocycles. The van der Waals surface area contributed by atoms with Crippen LogP contribution < -0.4 is 5.11 Å². The first-order valence-electron chi connectivity index (χ1n) is 6.69. The third-order valence-corrected chi connectivity index (χ3v) is 5.60. The predicted octanol–water partition coefficient (Wildman–Crippen LogP) is 0.962. The molecular weight excluding hydrogens is 340 g/mol. The van der Waals surface area contributed by atoms with Gasteiger partial charge in [0.15, 0.2) is 0 Å². The molecule has 1 aromatic carbocycles. The molecule has 0 fully saturated rings. The fourth-order valence-corrected chi connectivity index (χ4v) is 3.60. The van der Waals surface area contributed by atoms with Gasteiger partial charge >= 0.3 is 0 Å². The Hall–Kier alpha value is -1.96. The van der Waals surface area contributed by atoms with Crippen LogP contribution in [0.15, 0.2) is 47.5 Å². The number of halogens is 1. The number of benzene rings is 1. The van der Waals surface area contributed by atoms with E-state index in [4.69, 9.17) is 11.6 Å². The summed E-state index contributed by atoms with van der Waals surface area (Å²) in [4.78, 5) is 14.8. The number of aromatic carboxylic acids is 1. The van der Waals surface area contributed by atoms with E-state index in [9.17, 15) is 18.3 Å². The van der Waals surface area contributed by atoms with Gasteiger partial charge in [0, 0.05) is 31.9 Å². The van der Waals surface area contributed by atoms with Gasteiger partial charge in [-0.1, -0.05) is 23.7 Å². The van der Waals surface area contributed by atoms with E-state index in [2.05, 4.69) is 4.98 Å². The number of likely N-dealkylation sites (N-methyl/N-ethyl adjacent to an activating group) is 1. The minimum Gasteiger partial charge on any atom is -0.545 e. The van der Waals surface area contributed by atoms with Crippen molar-refractivity contribution in [2.24, 2.45) is 0 Å². The number of carboxylic acids is 1. The van der Waals surface area contributed by atoms with Crippen molar-refractivity contribution in [2.75, 3.05) is 13.6 Å². The van der Waals surface area contributed by atoms with Gasteiger partial charge in [-0.3, -0.25) is 4.98 Å². The van der Waals surface area contributed by atoms with Gasteiger partial charge in [-0.15, -0.1) is 0 Å². The molecule has 0 aliphatic heterocycles. The van der Waals surface area contributed by atoms with Gasteiger partial charge in [-0.2, -0.15) is 0 Å². The average Bonchev–Trinajstić information content (AvgIpc) is 2.53. The molecule has 6 nitrogen and oxygen atoms in total. The van der Waals surface area contributed by atoms with Crippen LogP contribution in [0.1, 0.15) is 16.1 Å². The first kappa shape index (κ1) is 17.4. The van der Waals surface area contributed by atoms with Crippen LogP contribution in [-0.2, 0) is 16.4 Å². The van der Waals surface area contributed by atoms with Crippen molar-refractivity contribution in [1.29, 1.82) is 0 Å². The number of nitrogens with zero attached hydrogens (tertiary/aromatic N) is 2. The van der Waals surface area contributed by atoms with E-state index in [1.54, 1.807) is 18.3 Å². The second-order valence-electron chi connectivity index (χ2n) is 4.83. The minimum atomic E-state index is -3.91. The minimum absolute atomic E-state index is 0.0420. The third kappa shape index (κ3) is 4.07. The Balaban J connectivity index is 2.23. The van der Waals surface area contributed by atoms with Gasteiger partial charge in [-0.25, -0.2) is 12.7 Å². The SMILES string of the molecule is CN(CCc1ccccn1)S(=O)(=O)c1cc(C(=O)[O-])ccc1Cl. The van der Waals surface area contributed by atoms with E-state index in [1.807, 2.05) is 6.07 Å². The van der Waals surface area contributed by atoms with Gasteiger partial charge in [0.2, 0.25) is 10.0 Å². The van der Waals surface area contributed by atoms with Crippen molar-refractivity contribution < 1.29 is 18.3 Å². The molecule has 0 bridgehead atoms. The van der Waals surface area contributed by atoms with Gasteiger partial charge in [-0.05, 0) is 29.8 Å². The average molecular weight is 354 g/mol. The number of hydrogen-bond donors (Lipinski definition) is 0. The van der Waals surface area contributed by atoms with Gasteiger partial charge in [0.1, 0.15) is 4.90 Å². The maximum atomic E-state index is 12.6. The molecule has 122 valence electrons. The molecule has 2 rings (SSSR count). The maximum Gasteiger partial charge on any atom is 0.244 e. The van der Waals surface area contributed by atoms with E-state index in [1.165, 1.54) is 19.2 Å². The highest BCUT2D eigenvalue weighted by Gasteiger charge is 2.24. The van der Waals surface area contributed by atoms with E-state index in [0.717, 1.165) is 16.1 Å². The largest absolute Gasteiger partial charge is 0.545 e. The summed E-state index contributed by atoms with van der Waals surface area (Å²) in [5.41, 5.74) is 0.509. The van der Waals surface area contributed by atoms with Gasteiger partial charge < -0.3 is 9.90 Å². The second kappa shape index (κ2) is 7.08. The number of sulfonamides is 1. The summed E-state index contributed by atoms with van der Waals surface area (Å²) < 4.78 is 26.2. The quantitative estimate of drug-likeness (QED) is 0.771. The topological polar surface area (TPSA) is 90.4 Å². The number of carbonyl (C=O) groups is 1. The van der Waals surface area contributed by atoms with Crippen molar-refractivity contribution >= 4 is 27.6 Å². The molecule has 0 amide bonds. The summed E-state index contributed by atoms with van der Waals surface area (Å²) >= 11 is 5.92. The van der Waals surface area contributed by atoms with Crippen molar-refractivity contribution in [2.45, 2.75) is 11.3 Å². The molecule has 23 heavy (non-hydrogen) atoms. The zero-order valence-electron chi connectivity index (χ0n) is 12.3. The molecule has 0 atom stereocenters. The summed E-state index contributed by atoms with van der Waals surface area (Å²) in [6.07, 6.45) is 2.05. The lowest BCUT2D eigenvalue weighted by Crippen LogP contribution is -2.30. The highest BCUT2D eigenvalue weighted by atomic mass is 35.5. The van der Waals surface area contributed by atoms with Crippen LogP contribution in [0.5, 0.6) is 0 Å². The zero-order valence-corrected chi connectivity index (χ0v) is 13.8. The van der Waals surface area contributed by atoms with Crippen molar-refractivity contribution in [1.82, 2.24) is 9.29 Å². The molecule has 0 N–H and O–H groups in total. The first-order valence-corrected chi connectivity index (χ1v) is 8.51. The molecule has 1 heterocycles. The lowest BCUT2D eigenvalue weighted by molar-refractivity contribution is -0.255. The summed E-state index contributed by atoms with van der Waals surface area (Å²) in [5.74, 6) is -1.46. The summed E-state index contributed by atoms with van der Waals surface area (Å²) in [5, 5.41) is 10.9. The molecule has 0 aliphatic carbocycles. The fraction of sp³-hybridized carbons (Fsp3) is 0.200. The summed E-state index contributed by atoms with van der Waals surface area (Å²) in [7, 11) is -2.51. The third-order valence-electron chi connectivity index (χ3n) is 3.26. The Morgan fingerprint density at radius 2 is 2.04 bits per heavy atom. The van der Waals surface area contributed by atoms with E-state index in [-0.39, 0.29) is 22.0 Å². The highest BCUT2D eigenvalue weighted by molar-refractivity contribution is 7.89. The molecule has 0 spiro atoms. The molecular formula is C15H14ClN2O4S-. The Bertz CT molecular complexity index is 809. The molecule has 8 heteroatoms. The number of carboxylic acid groups (broad SMARTS) is 1. The molecule has 0 saturated heterocycles. The standard InChI is InChI=1S/C15H15ClN2O4S/c1-18(9-7-12-4-2-3-8-17-12)23(21,22)14-10-11(15(19)20)5-6-13(14)16/h2-6,8,10H,7,9H2,1H3,(H,19,20)/p-1. The monoisotopic (exact) mass is 353 g/mol. The van der Waals surface area contributed by atoms with Crippen LogP contribution in [0.4, 0.5) is 0 Å². The maximum absolute atomic E-state index is 12.6. The van der Waals surface area contributed by atoms with Crippen molar-refractivity contribution in [3.63, 3.8) is 0 Å². The van der Waals surface area contributed by atoms with Crippen molar-refractivity contribution in [3.8, 4) is 0 Å². The van der Waals surface area contributed by atoms with E-state index >= 15 is 0 Å². The van der Waals surface area contributed by atoms with Crippen molar-refractivity contribution in [3.05, 3.63) is 58.9 Å². The fourth-order valence-electron chi connectivity index (χ4n) is 1.93. The van der Waals surface area contributed by atoms with Gasteiger partial charge in [0.25, 0.3) is 0 Å². The predicted molar refractivity (Wildman–Crippen MR) is 83.5 cm³/mol. The molecule has 1 aromatic heterocycles. The first-order chi connectivity index (χ1) is 10.8. The Morgan fingerprint density at radius 3 is 2.65 bits per heavy atom. The molecule has 0 unspecified atom stereocenters. The smallest absolute Gasteiger partial charge is 0.244 e. The van der Waals surface area contributed by atoms with Crippen LogP contribution in [-0.4, -0.2) is 37.3 Å². The number of hydrogen-bond acceptors (Lipinski definition) is 5. The van der Waals surface area contributed by atoms with Crippen LogP contribution in [0, 0.1) is 0 Å². The van der Waals surface area contributed by atoms with E-state index in [0.29, 0.717) is 6.42 Å². The van der Waals surface area contributed by atoms with Crippen LogP contribution in [0.2, 0.25) is 5.02 Å². The Kier molecular flexibility index (Phi) is 5.35. The summed E-state index contributed by atoms with van der Waals surface area (Å²) in [6, 6.07) is 8.82. The summed E-state index contributed by atoms with van der Waals surface area (Å²) in [6.45, 7) is 0.186. The number of aromatic nitrogens is 1. The normalized spacial score (nSPS) is 11.6. The number of rotatable bonds is 6. The lowest BCUT2D eigenvalue weighted by Gasteiger charge is -2.18. The second-order valence-corrected chi connectivity index (χ2v) is 7.25. The lowest BCUT2D eigenvalue weighted by atomic mass is 10.2. The van der Waals surface area contributed by atoms with Gasteiger partial charge in [0.05, 0.1) is 11.0 Å².